The third kappa shape index (κ3) is 1.82. The van der Waals surface area contributed by atoms with Crippen molar-refractivity contribution in [1.82, 2.24) is 0 Å². The number of aliphatic carboxylic acids is 1. The number of ether oxygens (including phenoxy) is 1. The highest BCUT2D eigenvalue weighted by Gasteiger charge is 2.64. The van der Waals surface area contributed by atoms with Crippen LogP contribution in [0, 0.1) is 29.1 Å². The second kappa shape index (κ2) is 4.25. The molecular formula is C14H22O4. The fraction of sp³-hybridized carbons (Fsp3) is 0.857. The van der Waals surface area contributed by atoms with Crippen molar-refractivity contribution in [3.05, 3.63) is 0 Å². The number of carboxylic acids is 1. The van der Waals surface area contributed by atoms with Crippen molar-refractivity contribution in [2.75, 3.05) is 0 Å². The van der Waals surface area contributed by atoms with Crippen LogP contribution in [0.1, 0.15) is 40.5 Å². The lowest BCUT2D eigenvalue weighted by Crippen LogP contribution is -2.36. The third-order valence-electron chi connectivity index (χ3n) is 4.86. The van der Waals surface area contributed by atoms with Crippen LogP contribution in [-0.2, 0) is 14.3 Å². The van der Waals surface area contributed by atoms with Crippen LogP contribution in [0.15, 0.2) is 0 Å². The molecule has 0 spiro atoms. The van der Waals surface area contributed by atoms with Crippen LogP contribution in [0.25, 0.3) is 0 Å². The average Bonchev–Trinajstić information content (AvgIpc) is 2.64. The summed E-state index contributed by atoms with van der Waals surface area (Å²) in [7, 11) is 0. The van der Waals surface area contributed by atoms with E-state index in [-0.39, 0.29) is 29.3 Å². The molecule has 2 saturated carbocycles. The van der Waals surface area contributed by atoms with E-state index in [1.165, 1.54) is 0 Å². The zero-order valence-corrected chi connectivity index (χ0v) is 11.5. The van der Waals surface area contributed by atoms with Gasteiger partial charge in [-0.1, -0.05) is 13.8 Å². The molecule has 4 heteroatoms. The molecule has 0 saturated heterocycles. The topological polar surface area (TPSA) is 63.6 Å². The fourth-order valence-corrected chi connectivity index (χ4v) is 4.11. The summed E-state index contributed by atoms with van der Waals surface area (Å²) in [5.74, 6) is -1.94. The summed E-state index contributed by atoms with van der Waals surface area (Å²) in [6.07, 6.45) is 1.67. The zero-order chi connectivity index (χ0) is 13.7. The maximum absolute atomic E-state index is 12.2. The molecule has 0 heterocycles. The first-order valence-electron chi connectivity index (χ1n) is 6.70. The normalized spacial score (nSPS) is 36.9. The van der Waals surface area contributed by atoms with Gasteiger partial charge in [-0.3, -0.25) is 9.59 Å². The number of carbonyl (C=O) groups is 2. The highest BCUT2D eigenvalue weighted by Crippen LogP contribution is 2.63. The van der Waals surface area contributed by atoms with Crippen LogP contribution in [0.3, 0.4) is 0 Å². The number of fused-ring (bicyclic) bond motifs is 2. The van der Waals surface area contributed by atoms with Gasteiger partial charge < -0.3 is 9.84 Å². The van der Waals surface area contributed by atoms with E-state index in [1.807, 2.05) is 0 Å². The fourth-order valence-electron chi connectivity index (χ4n) is 4.11. The van der Waals surface area contributed by atoms with Crippen molar-refractivity contribution < 1.29 is 19.4 Å². The lowest BCUT2D eigenvalue weighted by molar-refractivity contribution is -0.163. The molecule has 2 aliphatic carbocycles. The molecule has 2 bridgehead atoms. The van der Waals surface area contributed by atoms with Crippen molar-refractivity contribution in [3.8, 4) is 0 Å². The first-order chi connectivity index (χ1) is 8.26. The molecule has 0 aromatic rings. The first kappa shape index (κ1) is 13.4. The molecule has 102 valence electrons. The van der Waals surface area contributed by atoms with Crippen molar-refractivity contribution in [2.45, 2.75) is 46.6 Å². The van der Waals surface area contributed by atoms with Crippen molar-refractivity contribution >= 4 is 11.9 Å². The Labute approximate surface area is 108 Å². The number of hydrogen-bond donors (Lipinski definition) is 1. The minimum Gasteiger partial charge on any atom is -0.481 e. The van der Waals surface area contributed by atoms with Crippen LogP contribution in [0.4, 0.5) is 0 Å². The lowest BCUT2D eigenvalue weighted by atomic mass is 9.79. The van der Waals surface area contributed by atoms with Crippen LogP contribution in [0.5, 0.6) is 0 Å². The number of hydrogen-bond acceptors (Lipinski definition) is 3. The summed E-state index contributed by atoms with van der Waals surface area (Å²) in [5, 5.41) is 9.41. The maximum atomic E-state index is 12.2. The van der Waals surface area contributed by atoms with Gasteiger partial charge in [-0.2, -0.15) is 0 Å². The standard InChI is InChI=1S/C14H22O4/c1-7(2)18-13(17)11-9-6-5-8(14(9,3)4)10(11)12(15)16/h7-11H,5-6H2,1-4H3,(H,15,16). The Bertz CT molecular complexity index is 372. The maximum Gasteiger partial charge on any atom is 0.310 e. The van der Waals surface area contributed by atoms with Crippen LogP contribution >= 0.6 is 0 Å². The van der Waals surface area contributed by atoms with E-state index >= 15 is 0 Å². The van der Waals surface area contributed by atoms with E-state index in [1.54, 1.807) is 13.8 Å². The van der Waals surface area contributed by atoms with Gasteiger partial charge in [0.2, 0.25) is 0 Å². The number of carbonyl (C=O) groups excluding carboxylic acids is 1. The predicted molar refractivity (Wildman–Crippen MR) is 65.8 cm³/mol. The molecule has 2 aliphatic rings. The number of carboxylic acid groups (broad SMARTS) is 1. The SMILES string of the molecule is CC(C)OC(=O)C1C(C(=O)O)C2CCC1C2(C)C. The molecule has 0 radical (unpaired) electrons. The highest BCUT2D eigenvalue weighted by atomic mass is 16.5. The van der Waals surface area contributed by atoms with E-state index < -0.39 is 17.8 Å². The van der Waals surface area contributed by atoms with Gasteiger partial charge in [-0.15, -0.1) is 0 Å². The van der Waals surface area contributed by atoms with Crippen molar-refractivity contribution in [1.29, 1.82) is 0 Å². The summed E-state index contributed by atoms with van der Waals surface area (Å²) in [6, 6.07) is 0. The Balaban J connectivity index is 2.28. The summed E-state index contributed by atoms with van der Waals surface area (Å²) in [5.41, 5.74) is -0.0658. The smallest absolute Gasteiger partial charge is 0.310 e. The Morgan fingerprint density at radius 2 is 1.67 bits per heavy atom. The Morgan fingerprint density at radius 3 is 2.11 bits per heavy atom. The predicted octanol–water partition coefficient (Wildman–Crippen LogP) is 2.32. The van der Waals surface area contributed by atoms with Crippen LogP contribution in [-0.4, -0.2) is 23.1 Å². The summed E-state index contributed by atoms with van der Waals surface area (Å²) in [6.45, 7) is 7.78. The molecule has 0 aromatic carbocycles. The molecule has 4 nitrogen and oxygen atoms in total. The minimum atomic E-state index is -0.846. The van der Waals surface area contributed by atoms with Crippen LogP contribution < -0.4 is 0 Å². The van der Waals surface area contributed by atoms with Gasteiger partial charge in [0.15, 0.2) is 0 Å². The molecule has 2 fully saturated rings. The van der Waals surface area contributed by atoms with E-state index in [2.05, 4.69) is 13.8 Å². The van der Waals surface area contributed by atoms with Crippen LogP contribution in [0.2, 0.25) is 0 Å². The summed E-state index contributed by atoms with van der Waals surface area (Å²) in [4.78, 5) is 23.6. The second-order valence-corrected chi connectivity index (χ2v) is 6.49. The summed E-state index contributed by atoms with van der Waals surface area (Å²) < 4.78 is 5.26. The van der Waals surface area contributed by atoms with E-state index in [4.69, 9.17) is 4.74 Å². The van der Waals surface area contributed by atoms with Gasteiger partial charge in [-0.05, 0) is 43.9 Å². The Kier molecular flexibility index (Phi) is 3.16. The van der Waals surface area contributed by atoms with Crippen molar-refractivity contribution in [2.24, 2.45) is 29.1 Å². The zero-order valence-electron chi connectivity index (χ0n) is 11.5. The van der Waals surface area contributed by atoms with Crippen molar-refractivity contribution in [3.63, 3.8) is 0 Å². The summed E-state index contributed by atoms with van der Waals surface area (Å²) >= 11 is 0. The van der Waals surface area contributed by atoms with Gasteiger partial charge >= 0.3 is 11.9 Å². The first-order valence-corrected chi connectivity index (χ1v) is 6.70. The highest BCUT2D eigenvalue weighted by molar-refractivity contribution is 5.83. The van der Waals surface area contributed by atoms with Gasteiger partial charge in [0, 0.05) is 0 Å². The Hall–Kier alpha value is -1.06. The van der Waals surface area contributed by atoms with Gasteiger partial charge in [-0.25, -0.2) is 0 Å². The second-order valence-electron chi connectivity index (χ2n) is 6.49. The average molecular weight is 254 g/mol. The Morgan fingerprint density at radius 1 is 1.17 bits per heavy atom. The monoisotopic (exact) mass is 254 g/mol. The molecule has 4 unspecified atom stereocenters. The molecule has 4 atom stereocenters. The minimum absolute atomic E-state index is 0.0658. The van der Waals surface area contributed by atoms with E-state index in [0.29, 0.717) is 0 Å². The van der Waals surface area contributed by atoms with Gasteiger partial charge in [0.05, 0.1) is 17.9 Å². The van der Waals surface area contributed by atoms with Gasteiger partial charge in [0.25, 0.3) is 0 Å². The quantitative estimate of drug-likeness (QED) is 0.785. The molecule has 0 amide bonds. The third-order valence-corrected chi connectivity index (χ3v) is 4.86. The molecule has 0 aromatic heterocycles. The molecule has 1 N–H and O–H groups in total. The van der Waals surface area contributed by atoms with Gasteiger partial charge in [0.1, 0.15) is 0 Å². The van der Waals surface area contributed by atoms with E-state index in [0.717, 1.165) is 12.8 Å². The largest absolute Gasteiger partial charge is 0.481 e. The molecule has 18 heavy (non-hydrogen) atoms. The molecule has 2 rings (SSSR count). The molecular weight excluding hydrogens is 232 g/mol. The number of esters is 1. The lowest BCUT2D eigenvalue weighted by Gasteiger charge is -2.27. The molecule has 0 aliphatic heterocycles. The number of rotatable bonds is 3. The van der Waals surface area contributed by atoms with E-state index in [9.17, 15) is 14.7 Å².